The summed E-state index contributed by atoms with van der Waals surface area (Å²) < 4.78 is 0. The van der Waals surface area contributed by atoms with Crippen LogP contribution in [-0.4, -0.2) is 30.6 Å². The highest BCUT2D eigenvalue weighted by Gasteiger charge is 2.40. The Balaban J connectivity index is 2.61. The van der Waals surface area contributed by atoms with Crippen LogP contribution in [0.15, 0.2) is 12.7 Å². The van der Waals surface area contributed by atoms with E-state index in [0.29, 0.717) is 6.04 Å². The molecule has 0 aromatic carbocycles. The smallest absolute Gasteiger partial charge is 0.0354 e. The topological polar surface area (TPSA) is 29.3 Å². The van der Waals surface area contributed by atoms with Crippen LogP contribution < -0.4 is 5.73 Å². The fourth-order valence-corrected chi connectivity index (χ4v) is 2.70. The van der Waals surface area contributed by atoms with Crippen molar-refractivity contribution in [3.8, 4) is 0 Å². The lowest BCUT2D eigenvalue weighted by molar-refractivity contribution is 0.119. The van der Waals surface area contributed by atoms with Gasteiger partial charge >= 0.3 is 0 Å². The fourth-order valence-electron chi connectivity index (χ4n) is 2.70. The maximum atomic E-state index is 6.31. The van der Waals surface area contributed by atoms with Gasteiger partial charge in [0.1, 0.15) is 0 Å². The Bertz CT molecular complexity index is 181. The van der Waals surface area contributed by atoms with E-state index in [0.717, 1.165) is 12.8 Å². The molecule has 82 valence electrons. The quantitative estimate of drug-likeness (QED) is 0.683. The number of nitrogens with zero attached hydrogens (tertiary/aromatic N) is 1. The van der Waals surface area contributed by atoms with Crippen LogP contribution in [0.25, 0.3) is 0 Å². The van der Waals surface area contributed by atoms with Gasteiger partial charge in [0.25, 0.3) is 0 Å². The van der Waals surface area contributed by atoms with Gasteiger partial charge in [-0.1, -0.05) is 18.9 Å². The SMILES string of the molecule is C=CCCC(N)C1(N(C)C)CCCC1. The van der Waals surface area contributed by atoms with Crippen LogP contribution in [0, 0.1) is 0 Å². The van der Waals surface area contributed by atoms with E-state index in [-0.39, 0.29) is 5.54 Å². The number of likely N-dealkylation sites (N-methyl/N-ethyl adjacent to an activating group) is 1. The first-order chi connectivity index (χ1) is 6.63. The van der Waals surface area contributed by atoms with Gasteiger partial charge in [-0.15, -0.1) is 6.58 Å². The van der Waals surface area contributed by atoms with Crippen LogP contribution in [0.2, 0.25) is 0 Å². The van der Waals surface area contributed by atoms with Crippen molar-refractivity contribution in [2.24, 2.45) is 5.73 Å². The maximum Gasteiger partial charge on any atom is 0.0354 e. The zero-order chi connectivity index (χ0) is 10.6. The van der Waals surface area contributed by atoms with E-state index in [9.17, 15) is 0 Å². The first-order valence-corrected chi connectivity index (χ1v) is 5.67. The van der Waals surface area contributed by atoms with Gasteiger partial charge < -0.3 is 10.6 Å². The molecule has 0 spiro atoms. The normalized spacial score (nSPS) is 22.6. The Morgan fingerprint density at radius 1 is 1.43 bits per heavy atom. The van der Waals surface area contributed by atoms with Gasteiger partial charge in [-0.2, -0.15) is 0 Å². The van der Waals surface area contributed by atoms with E-state index in [2.05, 4.69) is 25.6 Å². The molecule has 14 heavy (non-hydrogen) atoms. The number of hydrogen-bond donors (Lipinski definition) is 1. The van der Waals surface area contributed by atoms with Crippen LogP contribution in [0.4, 0.5) is 0 Å². The van der Waals surface area contributed by atoms with Gasteiger partial charge in [0, 0.05) is 11.6 Å². The zero-order valence-electron chi connectivity index (χ0n) is 9.63. The second kappa shape index (κ2) is 4.94. The molecule has 1 saturated carbocycles. The maximum absolute atomic E-state index is 6.31. The summed E-state index contributed by atoms with van der Waals surface area (Å²) in [4.78, 5) is 2.34. The molecule has 0 aromatic rings. The predicted molar refractivity (Wildman–Crippen MR) is 62.3 cm³/mol. The Morgan fingerprint density at radius 3 is 2.43 bits per heavy atom. The molecule has 2 nitrogen and oxygen atoms in total. The molecule has 1 aliphatic carbocycles. The average molecular weight is 196 g/mol. The molecule has 2 N–H and O–H groups in total. The van der Waals surface area contributed by atoms with Crippen LogP contribution in [0.5, 0.6) is 0 Å². The largest absolute Gasteiger partial charge is 0.326 e. The molecular formula is C12H24N2. The van der Waals surface area contributed by atoms with Crippen LogP contribution in [0.3, 0.4) is 0 Å². The van der Waals surface area contributed by atoms with Crippen molar-refractivity contribution in [3.05, 3.63) is 12.7 Å². The second-order valence-corrected chi connectivity index (χ2v) is 4.68. The zero-order valence-corrected chi connectivity index (χ0v) is 9.63. The van der Waals surface area contributed by atoms with Gasteiger partial charge in [-0.3, -0.25) is 0 Å². The molecule has 0 aromatic heterocycles. The van der Waals surface area contributed by atoms with E-state index in [1.165, 1.54) is 25.7 Å². The van der Waals surface area contributed by atoms with Crippen molar-refractivity contribution in [2.75, 3.05) is 14.1 Å². The van der Waals surface area contributed by atoms with Crippen molar-refractivity contribution in [1.29, 1.82) is 0 Å². The number of allylic oxidation sites excluding steroid dienone is 1. The van der Waals surface area contributed by atoms with E-state index in [4.69, 9.17) is 5.73 Å². The van der Waals surface area contributed by atoms with Gasteiger partial charge in [0.2, 0.25) is 0 Å². The molecular weight excluding hydrogens is 172 g/mol. The molecule has 0 saturated heterocycles. The average Bonchev–Trinajstić information content (AvgIpc) is 2.63. The molecule has 1 fully saturated rings. The molecule has 0 bridgehead atoms. The van der Waals surface area contributed by atoms with Crippen molar-refractivity contribution in [3.63, 3.8) is 0 Å². The number of hydrogen-bond acceptors (Lipinski definition) is 2. The van der Waals surface area contributed by atoms with Gasteiger partial charge in [0.05, 0.1) is 0 Å². The highest BCUT2D eigenvalue weighted by atomic mass is 15.2. The number of rotatable bonds is 5. The van der Waals surface area contributed by atoms with Gasteiger partial charge in [-0.25, -0.2) is 0 Å². The van der Waals surface area contributed by atoms with Crippen molar-refractivity contribution < 1.29 is 0 Å². The summed E-state index contributed by atoms with van der Waals surface area (Å²) >= 11 is 0. The monoisotopic (exact) mass is 196 g/mol. The first-order valence-electron chi connectivity index (χ1n) is 5.67. The summed E-state index contributed by atoms with van der Waals surface area (Å²) in [7, 11) is 4.33. The molecule has 1 aliphatic rings. The Labute approximate surface area is 88.2 Å². The standard InChI is InChI=1S/C12H24N2/c1-4-5-8-11(13)12(14(2)3)9-6-7-10-12/h4,11H,1,5-10,13H2,2-3H3. The Morgan fingerprint density at radius 2 is 2.00 bits per heavy atom. The van der Waals surface area contributed by atoms with Crippen molar-refractivity contribution >= 4 is 0 Å². The summed E-state index contributed by atoms with van der Waals surface area (Å²) in [5.41, 5.74) is 6.58. The molecule has 1 atom stereocenters. The lowest BCUT2D eigenvalue weighted by atomic mass is 9.85. The summed E-state index contributed by atoms with van der Waals surface area (Å²) in [6.45, 7) is 3.76. The van der Waals surface area contributed by atoms with E-state index in [1.807, 2.05) is 6.08 Å². The van der Waals surface area contributed by atoms with Crippen LogP contribution >= 0.6 is 0 Å². The molecule has 0 heterocycles. The van der Waals surface area contributed by atoms with Crippen LogP contribution in [-0.2, 0) is 0 Å². The molecule has 1 unspecified atom stereocenters. The third-order valence-electron chi connectivity index (χ3n) is 3.73. The minimum atomic E-state index is 0.267. The first kappa shape index (κ1) is 11.7. The minimum Gasteiger partial charge on any atom is -0.326 e. The highest BCUT2D eigenvalue weighted by molar-refractivity contribution is 5.00. The predicted octanol–water partition coefficient (Wildman–Crippen LogP) is 2.15. The molecule has 0 aliphatic heterocycles. The van der Waals surface area contributed by atoms with Gasteiger partial charge in [0.15, 0.2) is 0 Å². The van der Waals surface area contributed by atoms with Gasteiger partial charge in [-0.05, 0) is 39.8 Å². The second-order valence-electron chi connectivity index (χ2n) is 4.68. The van der Waals surface area contributed by atoms with E-state index in [1.54, 1.807) is 0 Å². The fraction of sp³-hybridized carbons (Fsp3) is 0.833. The highest BCUT2D eigenvalue weighted by Crippen LogP contribution is 2.37. The minimum absolute atomic E-state index is 0.267. The Kier molecular flexibility index (Phi) is 4.14. The molecule has 0 amide bonds. The molecule has 1 rings (SSSR count). The summed E-state index contributed by atoms with van der Waals surface area (Å²) in [6, 6.07) is 0.304. The third-order valence-corrected chi connectivity index (χ3v) is 3.73. The number of nitrogens with two attached hydrogens (primary N) is 1. The summed E-state index contributed by atoms with van der Waals surface area (Å²) in [5.74, 6) is 0. The van der Waals surface area contributed by atoms with Crippen molar-refractivity contribution in [2.45, 2.75) is 50.1 Å². The van der Waals surface area contributed by atoms with Crippen LogP contribution in [0.1, 0.15) is 38.5 Å². The van der Waals surface area contributed by atoms with Crippen molar-refractivity contribution in [1.82, 2.24) is 4.90 Å². The lowest BCUT2D eigenvalue weighted by Gasteiger charge is -2.41. The summed E-state index contributed by atoms with van der Waals surface area (Å²) in [5, 5.41) is 0. The Hall–Kier alpha value is -0.340. The van der Waals surface area contributed by atoms with E-state index < -0.39 is 0 Å². The molecule has 0 radical (unpaired) electrons. The lowest BCUT2D eigenvalue weighted by Crippen LogP contribution is -2.55. The summed E-state index contributed by atoms with van der Waals surface area (Å²) in [6.07, 6.45) is 9.27. The van der Waals surface area contributed by atoms with E-state index >= 15 is 0 Å². The molecule has 2 heteroatoms. The third kappa shape index (κ3) is 2.18.